The van der Waals surface area contributed by atoms with E-state index in [0.717, 1.165) is 17.7 Å². The predicted octanol–water partition coefficient (Wildman–Crippen LogP) is 2.65. The van der Waals surface area contributed by atoms with E-state index in [4.69, 9.17) is 4.74 Å². The van der Waals surface area contributed by atoms with Gasteiger partial charge < -0.3 is 9.64 Å². The van der Waals surface area contributed by atoms with E-state index in [9.17, 15) is 13.2 Å². The summed E-state index contributed by atoms with van der Waals surface area (Å²) >= 11 is 1.41. The highest BCUT2D eigenvalue weighted by Crippen LogP contribution is 2.38. The van der Waals surface area contributed by atoms with Crippen molar-refractivity contribution in [2.75, 3.05) is 25.2 Å². The van der Waals surface area contributed by atoms with E-state index in [2.05, 4.69) is 4.99 Å². The van der Waals surface area contributed by atoms with Crippen LogP contribution in [-0.4, -0.2) is 60.8 Å². The van der Waals surface area contributed by atoms with E-state index in [1.165, 1.54) is 11.8 Å². The standard InChI is InChI=1S/C21H22N2O4S2/c1-27-17-9-7-15(8-10-17)11-12-23-18-13-29(25,26)14-19(18)28-21(23)22-20(24)16-5-3-2-4-6-16/h2-10,18-19H,11-14H2,1H3. The maximum atomic E-state index is 12.6. The molecule has 2 aromatic rings. The van der Waals surface area contributed by atoms with Crippen LogP contribution in [0, 0.1) is 0 Å². The van der Waals surface area contributed by atoms with E-state index in [1.54, 1.807) is 31.4 Å². The topological polar surface area (TPSA) is 76.0 Å². The first-order valence-electron chi connectivity index (χ1n) is 9.40. The van der Waals surface area contributed by atoms with Crippen LogP contribution in [0.1, 0.15) is 15.9 Å². The van der Waals surface area contributed by atoms with Crippen molar-refractivity contribution in [3.63, 3.8) is 0 Å². The number of methoxy groups -OCH3 is 1. The smallest absolute Gasteiger partial charge is 0.279 e. The molecule has 2 aliphatic rings. The number of carbonyl (C=O) groups is 1. The van der Waals surface area contributed by atoms with E-state index >= 15 is 0 Å². The Kier molecular flexibility index (Phi) is 5.65. The lowest BCUT2D eigenvalue weighted by Crippen LogP contribution is -2.39. The normalized spacial score (nSPS) is 23.9. The van der Waals surface area contributed by atoms with Crippen LogP contribution in [0.25, 0.3) is 0 Å². The second kappa shape index (κ2) is 8.20. The first kappa shape index (κ1) is 20.0. The van der Waals surface area contributed by atoms with E-state index in [0.29, 0.717) is 17.3 Å². The van der Waals surface area contributed by atoms with Gasteiger partial charge in [-0.3, -0.25) is 4.79 Å². The minimum absolute atomic E-state index is 0.0711. The zero-order valence-corrected chi connectivity index (χ0v) is 17.7. The molecule has 152 valence electrons. The third kappa shape index (κ3) is 4.48. The molecule has 29 heavy (non-hydrogen) atoms. The second-order valence-electron chi connectivity index (χ2n) is 7.16. The Bertz CT molecular complexity index is 1020. The minimum atomic E-state index is -3.05. The van der Waals surface area contributed by atoms with Crippen LogP contribution in [0.3, 0.4) is 0 Å². The molecule has 0 saturated carbocycles. The number of ether oxygens (including phenoxy) is 1. The molecule has 2 atom stereocenters. The molecule has 2 heterocycles. The molecular formula is C21H22N2O4S2. The molecular weight excluding hydrogens is 408 g/mol. The van der Waals surface area contributed by atoms with Gasteiger partial charge in [-0.25, -0.2) is 8.42 Å². The average molecular weight is 431 g/mol. The second-order valence-corrected chi connectivity index (χ2v) is 10.5. The molecule has 2 saturated heterocycles. The molecule has 4 rings (SSSR count). The summed E-state index contributed by atoms with van der Waals surface area (Å²) in [5, 5.41) is 0.551. The molecule has 0 aliphatic carbocycles. The van der Waals surface area contributed by atoms with Gasteiger partial charge in [0.15, 0.2) is 15.0 Å². The lowest BCUT2D eigenvalue weighted by atomic mass is 10.1. The number of fused-ring (bicyclic) bond motifs is 1. The number of hydrogen-bond donors (Lipinski definition) is 0. The summed E-state index contributed by atoms with van der Waals surface area (Å²) in [6.45, 7) is 0.608. The van der Waals surface area contributed by atoms with Crippen LogP contribution < -0.4 is 4.74 Å². The fraction of sp³-hybridized carbons (Fsp3) is 0.333. The third-order valence-electron chi connectivity index (χ3n) is 5.19. The molecule has 0 bridgehead atoms. The first-order chi connectivity index (χ1) is 13.9. The van der Waals surface area contributed by atoms with Gasteiger partial charge in [-0.05, 0) is 36.2 Å². The molecule has 2 fully saturated rings. The van der Waals surface area contributed by atoms with Gasteiger partial charge in [0.2, 0.25) is 0 Å². The molecule has 0 N–H and O–H groups in total. The van der Waals surface area contributed by atoms with Crippen molar-refractivity contribution < 1.29 is 17.9 Å². The van der Waals surface area contributed by atoms with Gasteiger partial charge in [-0.1, -0.05) is 42.1 Å². The molecule has 0 aromatic heterocycles. The van der Waals surface area contributed by atoms with Crippen LogP contribution in [0.4, 0.5) is 0 Å². The number of hydrogen-bond acceptors (Lipinski definition) is 5. The van der Waals surface area contributed by atoms with E-state index in [-0.39, 0.29) is 28.7 Å². The molecule has 1 amide bonds. The molecule has 0 spiro atoms. The average Bonchev–Trinajstić information content (AvgIpc) is 3.18. The first-order valence-corrected chi connectivity index (χ1v) is 12.1. The van der Waals surface area contributed by atoms with Gasteiger partial charge in [-0.2, -0.15) is 4.99 Å². The van der Waals surface area contributed by atoms with Crippen LogP contribution in [0.2, 0.25) is 0 Å². The third-order valence-corrected chi connectivity index (χ3v) is 8.44. The van der Waals surface area contributed by atoms with Crippen molar-refractivity contribution in [3.05, 3.63) is 65.7 Å². The van der Waals surface area contributed by atoms with Gasteiger partial charge in [0.1, 0.15) is 5.75 Å². The number of thioether (sulfide) groups is 1. The van der Waals surface area contributed by atoms with Crippen LogP contribution in [0.5, 0.6) is 5.75 Å². The Morgan fingerprint density at radius 1 is 1.14 bits per heavy atom. The molecule has 2 unspecified atom stereocenters. The Balaban J connectivity index is 1.55. The van der Waals surface area contributed by atoms with Gasteiger partial charge in [-0.15, -0.1) is 0 Å². The number of benzene rings is 2. The van der Waals surface area contributed by atoms with Gasteiger partial charge >= 0.3 is 0 Å². The highest BCUT2D eigenvalue weighted by molar-refractivity contribution is 8.15. The van der Waals surface area contributed by atoms with Crippen molar-refractivity contribution in [3.8, 4) is 5.75 Å². The fourth-order valence-corrected chi connectivity index (χ4v) is 7.65. The molecule has 2 aromatic carbocycles. The highest BCUT2D eigenvalue weighted by atomic mass is 32.2. The summed E-state index contributed by atoms with van der Waals surface area (Å²) in [4.78, 5) is 18.9. The number of amidine groups is 1. The van der Waals surface area contributed by atoms with Crippen molar-refractivity contribution in [2.45, 2.75) is 17.7 Å². The molecule has 6 nitrogen and oxygen atoms in total. The fourth-order valence-electron chi connectivity index (χ4n) is 3.67. The summed E-state index contributed by atoms with van der Waals surface area (Å²) in [7, 11) is -1.42. The minimum Gasteiger partial charge on any atom is -0.497 e. The quantitative estimate of drug-likeness (QED) is 0.726. The molecule has 8 heteroatoms. The zero-order chi connectivity index (χ0) is 20.4. The predicted molar refractivity (Wildman–Crippen MR) is 115 cm³/mol. The Hall–Kier alpha value is -2.32. The van der Waals surface area contributed by atoms with Crippen molar-refractivity contribution >= 4 is 32.7 Å². The van der Waals surface area contributed by atoms with Crippen LogP contribution in [0.15, 0.2) is 59.6 Å². The number of carbonyl (C=O) groups excluding carboxylic acids is 1. The summed E-state index contributed by atoms with van der Waals surface area (Å²) in [6.07, 6.45) is 0.729. The number of rotatable bonds is 5. The number of aliphatic imine (C=N–C) groups is 1. The monoisotopic (exact) mass is 430 g/mol. The number of nitrogens with zero attached hydrogens (tertiary/aromatic N) is 2. The number of amides is 1. The summed E-state index contributed by atoms with van der Waals surface area (Å²) in [6, 6.07) is 16.6. The summed E-state index contributed by atoms with van der Waals surface area (Å²) < 4.78 is 29.4. The molecule has 0 radical (unpaired) electrons. The van der Waals surface area contributed by atoms with Crippen molar-refractivity contribution in [1.29, 1.82) is 0 Å². The van der Waals surface area contributed by atoms with Crippen molar-refractivity contribution in [1.82, 2.24) is 4.90 Å². The maximum Gasteiger partial charge on any atom is 0.279 e. The van der Waals surface area contributed by atoms with Crippen LogP contribution in [-0.2, 0) is 16.3 Å². The van der Waals surface area contributed by atoms with Gasteiger partial charge in [0, 0.05) is 17.4 Å². The Morgan fingerprint density at radius 3 is 2.55 bits per heavy atom. The maximum absolute atomic E-state index is 12.6. The summed E-state index contributed by atoms with van der Waals surface area (Å²) in [5.74, 6) is 0.750. The highest BCUT2D eigenvalue weighted by Gasteiger charge is 2.48. The largest absolute Gasteiger partial charge is 0.497 e. The Morgan fingerprint density at radius 2 is 1.86 bits per heavy atom. The lowest BCUT2D eigenvalue weighted by molar-refractivity contribution is 0.100. The Labute approximate surface area is 174 Å². The van der Waals surface area contributed by atoms with Gasteiger partial charge in [0.25, 0.3) is 5.91 Å². The van der Waals surface area contributed by atoms with Crippen molar-refractivity contribution in [2.24, 2.45) is 4.99 Å². The van der Waals surface area contributed by atoms with E-state index in [1.807, 2.05) is 35.2 Å². The van der Waals surface area contributed by atoms with Gasteiger partial charge in [0.05, 0.1) is 24.7 Å². The van der Waals surface area contributed by atoms with E-state index < -0.39 is 9.84 Å². The summed E-state index contributed by atoms with van der Waals surface area (Å²) in [5.41, 5.74) is 1.65. The zero-order valence-electron chi connectivity index (χ0n) is 16.0. The molecule has 2 aliphatic heterocycles. The lowest BCUT2D eigenvalue weighted by Gasteiger charge is -2.24. The number of sulfone groups is 1. The SMILES string of the molecule is COc1ccc(CCN2C(=NC(=O)c3ccccc3)SC3CS(=O)(=O)CC32)cc1. The van der Waals surface area contributed by atoms with Crippen LogP contribution >= 0.6 is 11.8 Å².